The molecule has 1 N–H and O–H groups in total. The second-order valence-corrected chi connectivity index (χ2v) is 2.36. The fourth-order valence-electron chi connectivity index (χ4n) is 0.612. The van der Waals surface area contributed by atoms with Gasteiger partial charge in [0.1, 0.15) is 0 Å². The Morgan fingerprint density at radius 1 is 1.60 bits per heavy atom. The summed E-state index contributed by atoms with van der Waals surface area (Å²) in [6.07, 6.45) is 0.859. The van der Waals surface area contributed by atoms with Crippen LogP contribution in [-0.4, -0.2) is 12.3 Å². The molecule has 3 heteroatoms. The highest BCUT2D eigenvalue weighted by Crippen LogP contribution is 2.11. The summed E-state index contributed by atoms with van der Waals surface area (Å²) >= 11 is 5.42. The van der Waals surface area contributed by atoms with Crippen LogP contribution in [0.15, 0.2) is 11.3 Å². The van der Waals surface area contributed by atoms with Crippen molar-refractivity contribution in [3.8, 4) is 0 Å². The molecule has 0 aromatic carbocycles. The van der Waals surface area contributed by atoms with Crippen molar-refractivity contribution in [3.05, 3.63) is 11.3 Å². The Bertz CT molecular complexity index is 163. The van der Waals surface area contributed by atoms with Gasteiger partial charge in [-0.05, 0) is 18.9 Å². The average Bonchev–Trinajstić information content (AvgIpc) is 1.88. The minimum Gasteiger partial charge on any atom is -0.494 e. The van der Waals surface area contributed by atoms with Crippen LogP contribution in [0.2, 0.25) is 0 Å². The van der Waals surface area contributed by atoms with Gasteiger partial charge < -0.3 is 4.74 Å². The molecule has 58 valence electrons. The Kier molecular flexibility index (Phi) is 4.12. The van der Waals surface area contributed by atoms with Gasteiger partial charge in [-0.3, -0.25) is 5.41 Å². The van der Waals surface area contributed by atoms with Crippen molar-refractivity contribution in [3.63, 3.8) is 0 Å². The lowest BCUT2D eigenvalue weighted by molar-refractivity contribution is 0.310. The van der Waals surface area contributed by atoms with Crippen molar-refractivity contribution in [2.75, 3.05) is 7.11 Å². The first-order chi connectivity index (χ1) is 4.63. The highest BCUT2D eigenvalue weighted by atomic mass is 35.5. The predicted octanol–water partition coefficient (Wildman–Crippen LogP) is 2.53. The Morgan fingerprint density at radius 3 is 2.20 bits per heavy atom. The summed E-state index contributed by atoms with van der Waals surface area (Å²) in [4.78, 5) is 0. The van der Waals surface area contributed by atoms with Crippen molar-refractivity contribution >= 4 is 16.8 Å². The molecule has 2 nitrogen and oxygen atoms in total. The number of hydrogen-bond donors (Lipinski definition) is 1. The largest absolute Gasteiger partial charge is 0.494 e. The molecule has 0 atom stereocenters. The second-order valence-electron chi connectivity index (χ2n) is 1.98. The molecule has 0 saturated heterocycles. The van der Waals surface area contributed by atoms with Gasteiger partial charge in [-0.1, -0.05) is 18.5 Å². The van der Waals surface area contributed by atoms with Crippen LogP contribution in [0, 0.1) is 5.41 Å². The van der Waals surface area contributed by atoms with Gasteiger partial charge in [0.15, 0.2) is 10.9 Å². The van der Waals surface area contributed by atoms with Crippen molar-refractivity contribution in [2.24, 2.45) is 0 Å². The van der Waals surface area contributed by atoms with Gasteiger partial charge in [0.2, 0.25) is 0 Å². The fourth-order valence-corrected chi connectivity index (χ4v) is 0.850. The van der Waals surface area contributed by atoms with E-state index in [9.17, 15) is 0 Å². The highest BCUT2D eigenvalue weighted by molar-refractivity contribution is 6.68. The van der Waals surface area contributed by atoms with Crippen LogP contribution in [0.25, 0.3) is 0 Å². The minimum atomic E-state index is -0.0261. The van der Waals surface area contributed by atoms with Gasteiger partial charge in [0.25, 0.3) is 0 Å². The summed E-state index contributed by atoms with van der Waals surface area (Å²) in [7, 11) is 1.52. The smallest absolute Gasteiger partial charge is 0.163 e. The van der Waals surface area contributed by atoms with E-state index in [-0.39, 0.29) is 5.17 Å². The van der Waals surface area contributed by atoms with Crippen LogP contribution in [0.4, 0.5) is 0 Å². The molecular weight excluding hydrogens is 150 g/mol. The van der Waals surface area contributed by atoms with Crippen LogP contribution in [-0.2, 0) is 4.74 Å². The summed E-state index contributed by atoms with van der Waals surface area (Å²) in [6.45, 7) is 3.89. The van der Waals surface area contributed by atoms with E-state index < -0.39 is 0 Å². The maximum Gasteiger partial charge on any atom is 0.163 e. The molecule has 0 unspecified atom stereocenters. The Labute approximate surface area is 66.3 Å². The van der Waals surface area contributed by atoms with Gasteiger partial charge >= 0.3 is 0 Å². The SMILES string of the molecule is CC/C(C)=C(\OC)C(=N)Cl. The third kappa shape index (κ3) is 2.40. The van der Waals surface area contributed by atoms with Gasteiger partial charge in [-0.2, -0.15) is 0 Å². The van der Waals surface area contributed by atoms with Crippen LogP contribution in [0.3, 0.4) is 0 Å². The maximum atomic E-state index is 7.07. The van der Waals surface area contributed by atoms with Gasteiger partial charge in [-0.15, -0.1) is 0 Å². The molecule has 10 heavy (non-hydrogen) atoms. The van der Waals surface area contributed by atoms with E-state index in [0.717, 1.165) is 12.0 Å². The predicted molar refractivity (Wildman–Crippen MR) is 43.6 cm³/mol. The van der Waals surface area contributed by atoms with E-state index in [2.05, 4.69) is 0 Å². The fraction of sp³-hybridized carbons (Fsp3) is 0.571. The molecule has 0 aliphatic carbocycles. The van der Waals surface area contributed by atoms with Crippen molar-refractivity contribution in [2.45, 2.75) is 20.3 Å². The Hall–Kier alpha value is -0.500. The van der Waals surface area contributed by atoms with E-state index in [1.165, 1.54) is 7.11 Å². The Balaban J connectivity index is 4.45. The number of nitrogens with one attached hydrogen (secondary N) is 1. The van der Waals surface area contributed by atoms with Crippen LogP contribution >= 0.6 is 11.6 Å². The molecule has 0 rings (SSSR count). The molecule has 0 saturated carbocycles. The number of halogens is 1. The van der Waals surface area contributed by atoms with E-state index in [1.807, 2.05) is 13.8 Å². The number of rotatable bonds is 3. The molecule has 0 spiro atoms. The molecule has 0 bridgehead atoms. The van der Waals surface area contributed by atoms with E-state index in [1.54, 1.807) is 0 Å². The molecule has 0 aromatic heterocycles. The zero-order valence-electron chi connectivity index (χ0n) is 6.49. The lowest BCUT2D eigenvalue weighted by Crippen LogP contribution is -1.98. The quantitative estimate of drug-likeness (QED) is 0.501. The summed E-state index contributed by atoms with van der Waals surface area (Å²) in [5.41, 5.74) is 1.00. The zero-order valence-corrected chi connectivity index (χ0v) is 7.25. The number of ether oxygens (including phenoxy) is 1. The molecule has 0 aromatic rings. The standard InChI is InChI=1S/C7H12ClNO/c1-4-5(2)6(10-3)7(8)9/h9H,4H2,1-3H3/b6-5-,9-7?. The highest BCUT2D eigenvalue weighted by Gasteiger charge is 2.04. The minimum absolute atomic E-state index is 0.0261. The number of allylic oxidation sites excluding steroid dienone is 2. The molecular formula is C7H12ClNO. The summed E-state index contributed by atoms with van der Waals surface area (Å²) in [5.74, 6) is 0.490. The first kappa shape index (κ1) is 9.50. The molecule has 0 radical (unpaired) electrons. The van der Waals surface area contributed by atoms with Crippen molar-refractivity contribution in [1.29, 1.82) is 5.41 Å². The van der Waals surface area contributed by atoms with E-state index >= 15 is 0 Å². The molecule has 0 heterocycles. The second kappa shape index (κ2) is 4.34. The number of hydrogen-bond acceptors (Lipinski definition) is 2. The lowest BCUT2D eigenvalue weighted by Gasteiger charge is -2.05. The average molecular weight is 162 g/mol. The third-order valence-electron chi connectivity index (χ3n) is 1.32. The molecule has 0 aliphatic rings. The monoisotopic (exact) mass is 161 g/mol. The molecule has 0 amide bonds. The maximum absolute atomic E-state index is 7.07. The van der Waals surface area contributed by atoms with Crippen molar-refractivity contribution < 1.29 is 4.74 Å². The topological polar surface area (TPSA) is 33.1 Å². The summed E-state index contributed by atoms with van der Waals surface area (Å²) < 4.78 is 4.89. The van der Waals surface area contributed by atoms with Crippen LogP contribution < -0.4 is 0 Å². The van der Waals surface area contributed by atoms with E-state index in [0.29, 0.717) is 5.76 Å². The van der Waals surface area contributed by atoms with Crippen LogP contribution in [0.1, 0.15) is 20.3 Å². The Morgan fingerprint density at radius 2 is 2.10 bits per heavy atom. The van der Waals surface area contributed by atoms with Gasteiger partial charge in [0, 0.05) is 0 Å². The van der Waals surface area contributed by atoms with E-state index in [4.69, 9.17) is 21.7 Å². The molecule has 0 fully saturated rings. The first-order valence-electron chi connectivity index (χ1n) is 3.11. The van der Waals surface area contributed by atoms with Crippen molar-refractivity contribution in [1.82, 2.24) is 0 Å². The lowest BCUT2D eigenvalue weighted by atomic mass is 10.2. The third-order valence-corrected chi connectivity index (χ3v) is 1.49. The summed E-state index contributed by atoms with van der Waals surface area (Å²) in [5, 5.41) is 7.04. The first-order valence-corrected chi connectivity index (χ1v) is 3.49. The zero-order chi connectivity index (χ0) is 8.15. The number of methoxy groups -OCH3 is 1. The molecule has 0 aliphatic heterocycles. The van der Waals surface area contributed by atoms with Gasteiger partial charge in [-0.25, -0.2) is 0 Å². The normalized spacial score (nSPS) is 12.4. The van der Waals surface area contributed by atoms with Crippen LogP contribution in [0.5, 0.6) is 0 Å². The van der Waals surface area contributed by atoms with Gasteiger partial charge in [0.05, 0.1) is 7.11 Å². The summed E-state index contributed by atoms with van der Waals surface area (Å²) in [6, 6.07) is 0.